The van der Waals surface area contributed by atoms with E-state index in [0.29, 0.717) is 6.04 Å². The minimum atomic E-state index is 0.574. The third-order valence-electron chi connectivity index (χ3n) is 1.98. The lowest BCUT2D eigenvalue weighted by Gasteiger charge is -2.13. The molecular formula is C9H11N. The molecule has 10 heavy (non-hydrogen) atoms. The molecule has 0 spiro atoms. The molecular weight excluding hydrogens is 122 g/mol. The van der Waals surface area contributed by atoms with Gasteiger partial charge in [0.05, 0.1) is 6.04 Å². The number of nitrogens with one attached hydrogen (secondary N) is 1. The van der Waals surface area contributed by atoms with E-state index in [-0.39, 0.29) is 0 Å². The molecule has 0 amide bonds. The van der Waals surface area contributed by atoms with Crippen molar-refractivity contribution in [1.29, 1.82) is 0 Å². The third-order valence-corrected chi connectivity index (χ3v) is 1.98. The summed E-state index contributed by atoms with van der Waals surface area (Å²) in [4.78, 5) is 0. The molecule has 2 rings (SSSR count). The Kier molecular flexibility index (Phi) is 1.16. The molecule has 1 atom stereocenters. The zero-order valence-electron chi connectivity index (χ0n) is 6.09. The molecule has 0 aromatic heterocycles. The fourth-order valence-corrected chi connectivity index (χ4v) is 1.50. The molecule has 1 heterocycles. The Bertz CT molecular complexity index is 233. The van der Waals surface area contributed by atoms with E-state index in [9.17, 15) is 0 Å². The van der Waals surface area contributed by atoms with Gasteiger partial charge in [0, 0.05) is 5.70 Å². The van der Waals surface area contributed by atoms with E-state index < -0.39 is 0 Å². The molecule has 1 nitrogen and oxygen atoms in total. The van der Waals surface area contributed by atoms with Gasteiger partial charge in [0.1, 0.15) is 0 Å². The number of allylic oxidation sites excluding steroid dienone is 3. The third kappa shape index (κ3) is 0.783. The minimum Gasteiger partial charge on any atom is -0.381 e. The minimum absolute atomic E-state index is 0.574. The van der Waals surface area contributed by atoms with Crippen LogP contribution in [0.4, 0.5) is 0 Å². The molecule has 1 aliphatic carbocycles. The van der Waals surface area contributed by atoms with Crippen molar-refractivity contribution in [1.82, 2.24) is 5.32 Å². The molecule has 0 radical (unpaired) electrons. The van der Waals surface area contributed by atoms with Crippen LogP contribution in [-0.2, 0) is 0 Å². The van der Waals surface area contributed by atoms with Gasteiger partial charge in [-0.1, -0.05) is 18.2 Å². The molecule has 0 fully saturated rings. The van der Waals surface area contributed by atoms with E-state index in [1.54, 1.807) is 0 Å². The molecule has 1 unspecified atom stereocenters. The summed E-state index contributed by atoms with van der Waals surface area (Å²) in [7, 11) is 0. The van der Waals surface area contributed by atoms with Crippen molar-refractivity contribution in [3.8, 4) is 0 Å². The first-order valence-electron chi connectivity index (χ1n) is 3.68. The molecule has 0 bridgehead atoms. The highest BCUT2D eigenvalue weighted by atomic mass is 14.9. The zero-order chi connectivity index (χ0) is 6.97. The highest BCUT2D eigenvalue weighted by Gasteiger charge is 2.17. The lowest BCUT2D eigenvalue weighted by Crippen LogP contribution is -2.23. The molecule has 2 aliphatic rings. The van der Waals surface area contributed by atoms with Crippen LogP contribution in [0, 0.1) is 0 Å². The van der Waals surface area contributed by atoms with E-state index >= 15 is 0 Å². The van der Waals surface area contributed by atoms with Crippen molar-refractivity contribution in [3.63, 3.8) is 0 Å². The summed E-state index contributed by atoms with van der Waals surface area (Å²) in [6, 6.07) is 0.574. The van der Waals surface area contributed by atoms with Gasteiger partial charge in [-0.25, -0.2) is 0 Å². The summed E-state index contributed by atoms with van der Waals surface area (Å²) in [6.07, 6.45) is 9.86. The van der Waals surface area contributed by atoms with Crippen molar-refractivity contribution in [2.45, 2.75) is 19.4 Å². The molecule has 1 aliphatic heterocycles. The second-order valence-electron chi connectivity index (χ2n) is 2.85. The van der Waals surface area contributed by atoms with Crippen LogP contribution in [0.3, 0.4) is 0 Å². The van der Waals surface area contributed by atoms with Gasteiger partial charge in [-0.3, -0.25) is 0 Å². The molecule has 0 saturated carbocycles. The van der Waals surface area contributed by atoms with Crippen LogP contribution in [0.1, 0.15) is 13.3 Å². The Balaban J connectivity index is 2.31. The maximum Gasteiger partial charge on any atom is 0.0545 e. The average molecular weight is 133 g/mol. The predicted octanol–water partition coefficient (Wildman–Crippen LogP) is 1.75. The quantitative estimate of drug-likeness (QED) is 0.531. The monoisotopic (exact) mass is 133 g/mol. The average Bonchev–Trinajstić information content (AvgIpc) is 2.27. The second kappa shape index (κ2) is 2.01. The number of rotatable bonds is 0. The van der Waals surface area contributed by atoms with Crippen LogP contribution in [0.15, 0.2) is 35.6 Å². The van der Waals surface area contributed by atoms with E-state index in [2.05, 4.69) is 36.5 Å². The summed E-state index contributed by atoms with van der Waals surface area (Å²) >= 11 is 0. The van der Waals surface area contributed by atoms with E-state index in [1.165, 1.54) is 11.3 Å². The zero-order valence-corrected chi connectivity index (χ0v) is 6.09. The van der Waals surface area contributed by atoms with Crippen LogP contribution in [0.5, 0.6) is 0 Å². The molecule has 1 heteroatoms. The van der Waals surface area contributed by atoms with Gasteiger partial charge in [-0.05, 0) is 25.0 Å². The van der Waals surface area contributed by atoms with Crippen molar-refractivity contribution < 1.29 is 0 Å². The summed E-state index contributed by atoms with van der Waals surface area (Å²) in [5.74, 6) is 0. The van der Waals surface area contributed by atoms with Gasteiger partial charge >= 0.3 is 0 Å². The standard InChI is InChI=1S/C9H11N/c1-7-6-8-4-2-3-5-9(8)10-7/h2-4,6,9-10H,5H2,1H3. The van der Waals surface area contributed by atoms with Crippen LogP contribution in [0.2, 0.25) is 0 Å². The van der Waals surface area contributed by atoms with Crippen LogP contribution in [0.25, 0.3) is 0 Å². The Labute approximate surface area is 61.1 Å². The van der Waals surface area contributed by atoms with Gasteiger partial charge in [-0.15, -0.1) is 0 Å². The molecule has 0 aromatic carbocycles. The lowest BCUT2D eigenvalue weighted by molar-refractivity contribution is 0.685. The second-order valence-corrected chi connectivity index (χ2v) is 2.85. The summed E-state index contributed by atoms with van der Waals surface area (Å²) in [5, 5.41) is 3.40. The number of hydrogen-bond acceptors (Lipinski definition) is 1. The Hall–Kier alpha value is -0.980. The Morgan fingerprint density at radius 2 is 2.50 bits per heavy atom. The molecule has 0 saturated heterocycles. The van der Waals surface area contributed by atoms with Crippen LogP contribution >= 0.6 is 0 Å². The SMILES string of the molecule is CC1=CC2=CC=CCC2N1. The predicted molar refractivity (Wildman–Crippen MR) is 42.5 cm³/mol. The highest BCUT2D eigenvalue weighted by Crippen LogP contribution is 2.21. The Morgan fingerprint density at radius 1 is 1.60 bits per heavy atom. The highest BCUT2D eigenvalue weighted by molar-refractivity contribution is 5.39. The first-order valence-corrected chi connectivity index (χ1v) is 3.68. The summed E-state index contributed by atoms with van der Waals surface area (Å²) < 4.78 is 0. The van der Waals surface area contributed by atoms with E-state index in [1.807, 2.05) is 0 Å². The van der Waals surface area contributed by atoms with Crippen molar-refractivity contribution in [2.24, 2.45) is 0 Å². The van der Waals surface area contributed by atoms with E-state index in [4.69, 9.17) is 0 Å². The molecule has 0 aromatic rings. The molecule has 1 N–H and O–H groups in total. The molecule has 52 valence electrons. The van der Waals surface area contributed by atoms with Gasteiger partial charge < -0.3 is 5.32 Å². The van der Waals surface area contributed by atoms with Crippen LogP contribution in [-0.4, -0.2) is 6.04 Å². The fraction of sp³-hybridized carbons (Fsp3) is 0.333. The topological polar surface area (TPSA) is 12.0 Å². The van der Waals surface area contributed by atoms with Crippen molar-refractivity contribution in [3.05, 3.63) is 35.6 Å². The first-order chi connectivity index (χ1) is 4.86. The normalized spacial score (nSPS) is 28.7. The smallest absolute Gasteiger partial charge is 0.0545 e. The first kappa shape index (κ1) is 5.78. The van der Waals surface area contributed by atoms with Crippen LogP contribution < -0.4 is 5.32 Å². The maximum atomic E-state index is 3.40. The van der Waals surface area contributed by atoms with E-state index in [0.717, 1.165) is 6.42 Å². The number of fused-ring (bicyclic) bond motifs is 1. The van der Waals surface area contributed by atoms with Gasteiger partial charge in [0.2, 0.25) is 0 Å². The maximum absolute atomic E-state index is 3.40. The van der Waals surface area contributed by atoms with Crippen molar-refractivity contribution in [2.75, 3.05) is 0 Å². The van der Waals surface area contributed by atoms with Gasteiger partial charge in [0.15, 0.2) is 0 Å². The van der Waals surface area contributed by atoms with Gasteiger partial charge in [-0.2, -0.15) is 0 Å². The van der Waals surface area contributed by atoms with Gasteiger partial charge in [0.25, 0.3) is 0 Å². The number of hydrogen-bond donors (Lipinski definition) is 1. The fourth-order valence-electron chi connectivity index (χ4n) is 1.50. The lowest BCUT2D eigenvalue weighted by atomic mass is 10.0. The summed E-state index contributed by atoms with van der Waals surface area (Å²) in [6.45, 7) is 2.11. The summed E-state index contributed by atoms with van der Waals surface area (Å²) in [5.41, 5.74) is 2.72. The largest absolute Gasteiger partial charge is 0.381 e. The van der Waals surface area contributed by atoms with Crippen molar-refractivity contribution >= 4 is 0 Å². The Morgan fingerprint density at radius 3 is 3.30 bits per heavy atom.